The lowest BCUT2D eigenvalue weighted by Crippen LogP contribution is -2.17. The van der Waals surface area contributed by atoms with E-state index in [1.54, 1.807) is 24.3 Å². The molecule has 2 heterocycles. The Morgan fingerprint density at radius 3 is 2.00 bits per heavy atom. The average molecular weight is 380 g/mol. The number of carbonyl (C=O) groups excluding carboxylic acids is 2. The van der Waals surface area contributed by atoms with Crippen molar-refractivity contribution in [3.8, 4) is 0 Å². The van der Waals surface area contributed by atoms with Gasteiger partial charge in [-0.05, 0) is 12.1 Å². The zero-order valence-corrected chi connectivity index (χ0v) is 15.0. The summed E-state index contributed by atoms with van der Waals surface area (Å²) >= 11 is 4.02. The molecule has 2 aromatic carbocycles. The fourth-order valence-corrected chi connectivity index (χ4v) is 6.01. The first kappa shape index (κ1) is 14.8. The van der Waals surface area contributed by atoms with Gasteiger partial charge in [-0.3, -0.25) is 9.59 Å². The van der Waals surface area contributed by atoms with Crippen molar-refractivity contribution in [2.45, 2.75) is 0 Å². The molecule has 1 aliphatic carbocycles. The van der Waals surface area contributed by atoms with E-state index in [2.05, 4.69) is 9.98 Å². The largest absolute Gasteiger partial charge is 0.288 e. The van der Waals surface area contributed by atoms with Crippen molar-refractivity contribution in [3.63, 3.8) is 0 Å². The molecule has 7 heteroatoms. The molecule has 0 amide bonds. The molecule has 0 saturated heterocycles. The molecule has 0 radical (unpaired) electrons. The molecule has 25 heavy (non-hydrogen) atoms. The number of hydrogen-bond donors (Lipinski definition) is 0. The lowest BCUT2D eigenvalue weighted by atomic mass is 9.93. The number of benzene rings is 2. The summed E-state index contributed by atoms with van der Waals surface area (Å²) in [5.41, 5.74) is 1.85. The van der Waals surface area contributed by atoms with Gasteiger partial charge in [0, 0.05) is 11.1 Å². The van der Waals surface area contributed by atoms with Gasteiger partial charge in [0.15, 0.2) is 3.98 Å². The van der Waals surface area contributed by atoms with E-state index >= 15 is 0 Å². The average Bonchev–Trinajstić information content (AvgIpc) is 3.23. The van der Waals surface area contributed by atoms with Crippen LogP contribution in [0.15, 0.2) is 53.5 Å². The van der Waals surface area contributed by atoms with Crippen molar-refractivity contribution in [2.24, 2.45) is 4.99 Å². The Kier molecular flexibility index (Phi) is 3.27. The van der Waals surface area contributed by atoms with Crippen molar-refractivity contribution in [1.29, 1.82) is 0 Å². The number of thiazole rings is 1. The van der Waals surface area contributed by atoms with E-state index in [0.29, 0.717) is 30.0 Å². The number of carbonyl (C=O) groups is 2. The number of aromatic nitrogens is 1. The van der Waals surface area contributed by atoms with Gasteiger partial charge in [0.05, 0.1) is 20.0 Å². The maximum atomic E-state index is 12.7. The van der Waals surface area contributed by atoms with Crippen LogP contribution in [0.3, 0.4) is 0 Å². The Morgan fingerprint density at radius 1 is 0.760 bits per heavy atom. The Balaban J connectivity index is 1.66. The molecule has 0 aliphatic heterocycles. The molecule has 0 N–H and O–H groups in total. The number of nitrogens with zero attached hydrogens (tertiary/aromatic N) is 2. The molecule has 0 spiro atoms. The monoisotopic (exact) mass is 380 g/mol. The minimum atomic E-state index is -0.0998. The molecule has 0 atom stereocenters. The van der Waals surface area contributed by atoms with Gasteiger partial charge in [-0.2, -0.15) is 4.99 Å². The number of rotatable bonds is 1. The van der Waals surface area contributed by atoms with Gasteiger partial charge in [0.25, 0.3) is 0 Å². The summed E-state index contributed by atoms with van der Waals surface area (Å²) in [7, 11) is 0. The third-order valence-corrected chi connectivity index (χ3v) is 7.16. The van der Waals surface area contributed by atoms with E-state index in [4.69, 9.17) is 0 Å². The summed E-state index contributed by atoms with van der Waals surface area (Å²) in [5, 5.41) is 0.633. The van der Waals surface area contributed by atoms with Crippen LogP contribution >= 0.6 is 34.0 Å². The molecular weight excluding hydrogens is 372 g/mol. The topological polar surface area (TPSA) is 59.4 Å². The molecule has 0 bridgehead atoms. The van der Waals surface area contributed by atoms with E-state index < -0.39 is 0 Å². The summed E-state index contributed by atoms with van der Waals surface area (Å²) in [4.78, 5) is 35.3. The van der Waals surface area contributed by atoms with Crippen molar-refractivity contribution in [2.75, 3.05) is 0 Å². The van der Waals surface area contributed by atoms with Crippen LogP contribution in [0.1, 0.15) is 30.5 Å². The maximum absolute atomic E-state index is 12.7. The number of ketones is 2. The van der Waals surface area contributed by atoms with E-state index in [1.807, 2.05) is 24.3 Å². The Hall–Kier alpha value is -2.48. The SMILES string of the molecule is O=C1c2ccccc2C(=O)c2sc(=Nc3nc4ccccc4s3)sc21. The molecule has 1 aliphatic rings. The normalized spacial score (nSPS) is 13.0. The smallest absolute Gasteiger partial charge is 0.212 e. The zero-order valence-electron chi connectivity index (χ0n) is 12.6. The highest BCUT2D eigenvalue weighted by Crippen LogP contribution is 2.32. The predicted molar refractivity (Wildman–Crippen MR) is 100 cm³/mol. The van der Waals surface area contributed by atoms with Gasteiger partial charge in [0.1, 0.15) is 0 Å². The third kappa shape index (κ3) is 2.31. The van der Waals surface area contributed by atoms with Gasteiger partial charge < -0.3 is 0 Å². The minimum absolute atomic E-state index is 0.0998. The fourth-order valence-electron chi connectivity index (χ4n) is 2.74. The van der Waals surface area contributed by atoms with Crippen LogP contribution in [-0.2, 0) is 0 Å². The quantitative estimate of drug-likeness (QED) is 0.432. The second-order valence-corrected chi connectivity index (χ2v) is 8.67. The third-order valence-electron chi connectivity index (χ3n) is 3.88. The van der Waals surface area contributed by atoms with Crippen LogP contribution in [0.4, 0.5) is 5.13 Å². The molecule has 2 aromatic heterocycles. The predicted octanol–water partition coefficient (Wildman–Crippen LogP) is 4.43. The van der Waals surface area contributed by atoms with Gasteiger partial charge >= 0.3 is 0 Å². The number of hydrogen-bond acceptors (Lipinski definition) is 7. The van der Waals surface area contributed by atoms with Crippen LogP contribution in [0, 0.1) is 0 Å². The Morgan fingerprint density at radius 2 is 1.36 bits per heavy atom. The Bertz CT molecular complexity index is 1160. The van der Waals surface area contributed by atoms with E-state index in [1.165, 1.54) is 34.0 Å². The van der Waals surface area contributed by atoms with E-state index in [0.717, 1.165) is 10.2 Å². The molecule has 4 nitrogen and oxygen atoms in total. The maximum Gasteiger partial charge on any atom is 0.212 e. The summed E-state index contributed by atoms with van der Waals surface area (Å²) in [6, 6.07) is 14.8. The minimum Gasteiger partial charge on any atom is -0.288 e. The highest BCUT2D eigenvalue weighted by atomic mass is 32.2. The lowest BCUT2D eigenvalue weighted by Gasteiger charge is -2.12. The van der Waals surface area contributed by atoms with Crippen molar-refractivity contribution in [1.82, 2.24) is 4.98 Å². The molecule has 120 valence electrons. The van der Waals surface area contributed by atoms with Crippen LogP contribution in [0.2, 0.25) is 0 Å². The summed E-state index contributed by atoms with van der Waals surface area (Å²) < 4.78 is 1.73. The molecule has 4 aromatic rings. The summed E-state index contributed by atoms with van der Waals surface area (Å²) in [5.74, 6) is -0.200. The first-order valence-corrected chi connectivity index (χ1v) is 9.88. The number of fused-ring (bicyclic) bond motifs is 3. The van der Waals surface area contributed by atoms with Gasteiger partial charge in [-0.25, -0.2) is 4.98 Å². The van der Waals surface area contributed by atoms with E-state index in [-0.39, 0.29) is 11.6 Å². The molecule has 5 rings (SSSR count). The molecular formula is C18H8N2O2S3. The lowest BCUT2D eigenvalue weighted by molar-refractivity contribution is 0.0985. The van der Waals surface area contributed by atoms with Crippen molar-refractivity contribution < 1.29 is 9.59 Å². The van der Waals surface area contributed by atoms with Crippen LogP contribution < -0.4 is 3.98 Å². The van der Waals surface area contributed by atoms with Crippen LogP contribution in [0.5, 0.6) is 0 Å². The standard InChI is InChI=1S/C18H8N2O2S3/c21-13-9-5-1-2-6-10(9)14(22)16-15(13)24-18(25-16)20-17-19-11-7-3-4-8-12(11)23-17/h1-8H. The highest BCUT2D eigenvalue weighted by molar-refractivity contribution is 7.30. The summed E-state index contributed by atoms with van der Waals surface area (Å²) in [6.45, 7) is 0. The van der Waals surface area contributed by atoms with Crippen LogP contribution in [0.25, 0.3) is 10.2 Å². The van der Waals surface area contributed by atoms with Gasteiger partial charge in [0.2, 0.25) is 16.7 Å². The Labute approximate surface area is 153 Å². The first-order chi connectivity index (χ1) is 12.2. The molecule has 0 fully saturated rings. The zero-order chi connectivity index (χ0) is 17.0. The second kappa shape index (κ2) is 5.52. The van der Waals surface area contributed by atoms with Crippen molar-refractivity contribution in [3.05, 3.63) is 73.4 Å². The number of para-hydroxylation sites is 1. The molecule has 0 saturated carbocycles. The van der Waals surface area contributed by atoms with Gasteiger partial charge in [-0.15, -0.1) is 22.7 Å². The molecule has 0 unspecified atom stereocenters. The van der Waals surface area contributed by atoms with Crippen molar-refractivity contribution >= 4 is 60.9 Å². The highest BCUT2D eigenvalue weighted by Gasteiger charge is 2.32. The first-order valence-electron chi connectivity index (χ1n) is 7.43. The van der Waals surface area contributed by atoms with Gasteiger partial charge in [-0.1, -0.05) is 47.7 Å². The second-order valence-electron chi connectivity index (χ2n) is 5.41. The van der Waals surface area contributed by atoms with E-state index in [9.17, 15) is 9.59 Å². The van der Waals surface area contributed by atoms with Crippen LogP contribution in [-0.4, -0.2) is 16.6 Å². The fraction of sp³-hybridized carbons (Fsp3) is 0. The summed E-state index contributed by atoms with van der Waals surface area (Å²) in [6.07, 6.45) is 0.